The fourth-order valence-electron chi connectivity index (χ4n) is 0.822. The smallest absolute Gasteiger partial charge is 0.356 e. The summed E-state index contributed by atoms with van der Waals surface area (Å²) >= 11 is 7.17. The van der Waals surface area contributed by atoms with Crippen molar-refractivity contribution in [3.8, 4) is 0 Å². The Labute approximate surface area is 92.0 Å². The highest BCUT2D eigenvalue weighted by Gasteiger charge is 2.18. The number of allylic oxidation sites excluding steroid dienone is 3. The molecular weight excluding hydrogens is 222 g/mol. The summed E-state index contributed by atoms with van der Waals surface area (Å²) in [5, 5.41) is 2.06. The van der Waals surface area contributed by atoms with Gasteiger partial charge < -0.3 is 9.46 Å². The summed E-state index contributed by atoms with van der Waals surface area (Å²) in [7, 11) is 0. The monoisotopic (exact) mass is 231 g/mol. The van der Waals surface area contributed by atoms with Crippen molar-refractivity contribution < 1.29 is 9.53 Å². The van der Waals surface area contributed by atoms with E-state index in [0.29, 0.717) is 17.2 Å². The second kappa shape index (κ2) is 5.12. The third-order valence-electron chi connectivity index (χ3n) is 1.48. The molecule has 0 aromatic rings. The SMILES string of the molecule is C=C1C=CSNC(C(=O)OCC)=C1Cl. The zero-order valence-corrected chi connectivity index (χ0v) is 9.24. The highest BCUT2D eigenvalue weighted by molar-refractivity contribution is 8.00. The van der Waals surface area contributed by atoms with Gasteiger partial charge in [0.1, 0.15) is 0 Å². The summed E-state index contributed by atoms with van der Waals surface area (Å²) in [5.74, 6) is -0.463. The van der Waals surface area contributed by atoms with E-state index in [1.54, 1.807) is 18.4 Å². The number of halogens is 1. The zero-order valence-electron chi connectivity index (χ0n) is 7.67. The molecule has 1 aliphatic rings. The summed E-state index contributed by atoms with van der Waals surface area (Å²) in [5.41, 5.74) is 0.834. The lowest BCUT2D eigenvalue weighted by Gasteiger charge is -2.07. The number of nitrogens with one attached hydrogen (secondary N) is 1. The predicted molar refractivity (Wildman–Crippen MR) is 58.5 cm³/mol. The molecule has 14 heavy (non-hydrogen) atoms. The van der Waals surface area contributed by atoms with Crippen LogP contribution in [0.3, 0.4) is 0 Å². The van der Waals surface area contributed by atoms with Crippen molar-refractivity contribution >= 4 is 29.5 Å². The van der Waals surface area contributed by atoms with Crippen LogP contribution < -0.4 is 4.72 Å². The van der Waals surface area contributed by atoms with Gasteiger partial charge in [-0.3, -0.25) is 0 Å². The van der Waals surface area contributed by atoms with Crippen LogP contribution >= 0.6 is 23.5 Å². The van der Waals surface area contributed by atoms with Gasteiger partial charge in [0, 0.05) is 0 Å². The number of esters is 1. The molecule has 0 fully saturated rings. The first-order chi connectivity index (χ1) is 6.66. The third kappa shape index (κ3) is 2.56. The first-order valence-electron chi connectivity index (χ1n) is 4.01. The second-order valence-electron chi connectivity index (χ2n) is 2.46. The molecule has 0 saturated carbocycles. The lowest BCUT2D eigenvalue weighted by atomic mass is 10.2. The molecule has 1 N–H and O–H groups in total. The molecule has 0 saturated heterocycles. The summed E-state index contributed by atoms with van der Waals surface area (Å²) in [4.78, 5) is 11.4. The van der Waals surface area contributed by atoms with Gasteiger partial charge in [0.15, 0.2) is 5.70 Å². The molecule has 0 bridgehead atoms. The van der Waals surface area contributed by atoms with Crippen molar-refractivity contribution in [3.63, 3.8) is 0 Å². The minimum Gasteiger partial charge on any atom is -0.461 e. The van der Waals surface area contributed by atoms with Crippen molar-refractivity contribution in [3.05, 3.63) is 34.4 Å². The quantitative estimate of drug-likeness (QED) is 0.585. The number of ether oxygens (including phenoxy) is 1. The Hall–Kier alpha value is -0.870. The van der Waals surface area contributed by atoms with Crippen molar-refractivity contribution in [2.24, 2.45) is 0 Å². The average Bonchev–Trinajstić information content (AvgIpc) is 2.31. The first-order valence-corrected chi connectivity index (χ1v) is 5.27. The van der Waals surface area contributed by atoms with Crippen LogP contribution in [0.1, 0.15) is 6.92 Å². The Morgan fingerprint density at radius 1 is 1.79 bits per heavy atom. The lowest BCUT2D eigenvalue weighted by molar-refractivity contribution is -0.138. The molecule has 1 aliphatic heterocycles. The highest BCUT2D eigenvalue weighted by Crippen LogP contribution is 2.24. The van der Waals surface area contributed by atoms with E-state index in [0.717, 1.165) is 0 Å². The second-order valence-corrected chi connectivity index (χ2v) is 3.55. The van der Waals surface area contributed by atoms with Crippen molar-refractivity contribution in [2.45, 2.75) is 6.92 Å². The van der Waals surface area contributed by atoms with Gasteiger partial charge in [0.25, 0.3) is 0 Å². The van der Waals surface area contributed by atoms with Gasteiger partial charge in [-0.1, -0.05) is 18.2 Å². The average molecular weight is 232 g/mol. The van der Waals surface area contributed by atoms with E-state index in [1.165, 1.54) is 11.9 Å². The van der Waals surface area contributed by atoms with E-state index in [2.05, 4.69) is 11.3 Å². The molecule has 0 aromatic carbocycles. The van der Waals surface area contributed by atoms with Gasteiger partial charge in [-0.2, -0.15) is 0 Å². The maximum absolute atomic E-state index is 11.4. The first kappa shape index (κ1) is 11.2. The Bertz CT molecular complexity index is 323. The Kier molecular flexibility index (Phi) is 4.10. The van der Waals surface area contributed by atoms with Gasteiger partial charge in [0.2, 0.25) is 0 Å². The van der Waals surface area contributed by atoms with Gasteiger partial charge in [0.05, 0.1) is 11.6 Å². The molecule has 0 aliphatic carbocycles. The van der Waals surface area contributed by atoms with E-state index in [-0.39, 0.29) is 5.70 Å². The van der Waals surface area contributed by atoms with Crippen LogP contribution in [0.2, 0.25) is 0 Å². The molecular formula is C9H10ClNO2S. The summed E-state index contributed by atoms with van der Waals surface area (Å²) in [6.45, 7) is 5.77. The van der Waals surface area contributed by atoms with Crippen LogP contribution in [-0.4, -0.2) is 12.6 Å². The standard InChI is InChI=1S/C9H10ClNO2S/c1-3-13-9(12)8-7(10)6(2)4-5-14-11-8/h4-5,11H,2-3H2,1H3. The number of carbonyl (C=O) groups excluding carboxylic acids is 1. The maximum Gasteiger partial charge on any atom is 0.356 e. The molecule has 0 amide bonds. The molecule has 0 aromatic heterocycles. The zero-order chi connectivity index (χ0) is 10.6. The van der Waals surface area contributed by atoms with E-state index in [1.807, 2.05) is 0 Å². The Morgan fingerprint density at radius 3 is 3.14 bits per heavy atom. The normalized spacial score (nSPS) is 16.3. The number of rotatable bonds is 2. The molecule has 0 radical (unpaired) electrons. The summed E-state index contributed by atoms with van der Waals surface area (Å²) in [6.07, 6.45) is 1.73. The number of hydrogen-bond acceptors (Lipinski definition) is 4. The van der Waals surface area contributed by atoms with Gasteiger partial charge in [-0.15, -0.1) is 0 Å². The topological polar surface area (TPSA) is 38.3 Å². The lowest BCUT2D eigenvalue weighted by Crippen LogP contribution is -2.17. The largest absolute Gasteiger partial charge is 0.461 e. The van der Waals surface area contributed by atoms with Crippen LogP contribution in [0.15, 0.2) is 34.4 Å². The van der Waals surface area contributed by atoms with Crippen LogP contribution in [-0.2, 0) is 9.53 Å². The van der Waals surface area contributed by atoms with E-state index in [4.69, 9.17) is 16.3 Å². The fraction of sp³-hybridized carbons (Fsp3) is 0.222. The van der Waals surface area contributed by atoms with E-state index in [9.17, 15) is 4.79 Å². The van der Waals surface area contributed by atoms with Crippen molar-refractivity contribution in [1.82, 2.24) is 4.72 Å². The minimum atomic E-state index is -0.463. The maximum atomic E-state index is 11.4. The number of carbonyl (C=O) groups is 1. The molecule has 0 spiro atoms. The van der Waals surface area contributed by atoms with Crippen LogP contribution in [0, 0.1) is 0 Å². The van der Waals surface area contributed by atoms with Crippen LogP contribution in [0.5, 0.6) is 0 Å². The molecule has 5 heteroatoms. The van der Waals surface area contributed by atoms with E-state index >= 15 is 0 Å². The van der Waals surface area contributed by atoms with E-state index < -0.39 is 5.97 Å². The Morgan fingerprint density at radius 2 is 2.50 bits per heavy atom. The van der Waals surface area contributed by atoms with Crippen LogP contribution in [0.25, 0.3) is 0 Å². The molecule has 0 atom stereocenters. The van der Waals surface area contributed by atoms with Crippen molar-refractivity contribution in [1.29, 1.82) is 0 Å². The summed E-state index contributed by atoms with van der Waals surface area (Å²) in [6, 6.07) is 0. The van der Waals surface area contributed by atoms with Gasteiger partial charge in [-0.25, -0.2) is 4.79 Å². The predicted octanol–water partition coefficient (Wildman–Crippen LogP) is 2.32. The Balaban J connectivity index is 2.90. The van der Waals surface area contributed by atoms with Crippen molar-refractivity contribution in [2.75, 3.05) is 6.61 Å². The molecule has 76 valence electrons. The fourth-order valence-corrected chi connectivity index (χ4v) is 1.67. The summed E-state index contributed by atoms with van der Waals surface area (Å²) < 4.78 is 7.62. The molecule has 1 heterocycles. The molecule has 0 unspecified atom stereocenters. The highest BCUT2D eigenvalue weighted by atomic mass is 35.5. The van der Waals surface area contributed by atoms with Crippen LogP contribution in [0.4, 0.5) is 0 Å². The molecule has 3 nitrogen and oxygen atoms in total. The number of hydrogen-bond donors (Lipinski definition) is 1. The van der Waals surface area contributed by atoms with Gasteiger partial charge >= 0.3 is 5.97 Å². The third-order valence-corrected chi connectivity index (χ3v) is 2.51. The molecule has 1 rings (SSSR count). The minimum absolute atomic E-state index is 0.244. The van der Waals surface area contributed by atoms with Gasteiger partial charge in [-0.05, 0) is 35.9 Å².